The molecule has 25 heavy (non-hydrogen) atoms. The summed E-state index contributed by atoms with van der Waals surface area (Å²) in [7, 11) is 1.22. The largest absolute Gasteiger partial charge is 0.508 e. The van der Waals surface area contributed by atoms with Gasteiger partial charge in [-0.3, -0.25) is 4.79 Å². The first-order chi connectivity index (χ1) is 11.8. The Balaban J connectivity index is 2.18. The molecule has 0 aliphatic heterocycles. The number of methoxy groups -OCH3 is 1. The average Bonchev–Trinajstić information content (AvgIpc) is 2.59. The van der Waals surface area contributed by atoms with Gasteiger partial charge in [0.15, 0.2) is 23.1 Å². The van der Waals surface area contributed by atoms with Gasteiger partial charge in [-0.2, -0.15) is 0 Å². The van der Waals surface area contributed by atoms with E-state index in [0.717, 1.165) is 12.2 Å². The zero-order chi connectivity index (χ0) is 18.6. The van der Waals surface area contributed by atoms with Crippen molar-refractivity contribution in [1.82, 2.24) is 0 Å². The van der Waals surface area contributed by atoms with E-state index in [1.54, 1.807) is 0 Å². The second-order valence-electron chi connectivity index (χ2n) is 5.20. The van der Waals surface area contributed by atoms with Gasteiger partial charge in [0.1, 0.15) is 11.6 Å². The van der Waals surface area contributed by atoms with Gasteiger partial charge in [-0.15, -0.1) is 0 Å². The number of halogens is 2. The highest BCUT2D eigenvalue weighted by molar-refractivity contribution is 6.04. The lowest BCUT2D eigenvalue weighted by molar-refractivity contribution is -0.110. The third kappa shape index (κ3) is 4.03. The first-order valence-corrected chi connectivity index (χ1v) is 7.28. The fourth-order valence-electron chi connectivity index (χ4n) is 2.11. The molecule has 2 aromatic carbocycles. The number of benzene rings is 2. The molecule has 2 aromatic rings. The Morgan fingerprint density at radius 2 is 1.48 bits per heavy atom. The minimum atomic E-state index is -0.796. The van der Waals surface area contributed by atoms with Crippen LogP contribution in [0.25, 0.3) is 12.2 Å². The quantitative estimate of drug-likeness (QED) is 0.804. The van der Waals surface area contributed by atoms with Gasteiger partial charge in [-0.25, -0.2) is 8.78 Å². The van der Waals surface area contributed by atoms with Gasteiger partial charge in [0.05, 0.1) is 7.11 Å². The van der Waals surface area contributed by atoms with Gasteiger partial charge in [-0.05, 0) is 55.5 Å². The van der Waals surface area contributed by atoms with Crippen molar-refractivity contribution in [3.05, 3.63) is 64.7 Å². The highest BCUT2D eigenvalue weighted by Gasteiger charge is 2.12. The maximum atomic E-state index is 14.0. The summed E-state index contributed by atoms with van der Waals surface area (Å²) in [4.78, 5) is 11.8. The first kappa shape index (κ1) is 18.2. The summed E-state index contributed by atoms with van der Waals surface area (Å²) in [6.45, 7) is 1.42. The fourth-order valence-corrected chi connectivity index (χ4v) is 2.11. The summed E-state index contributed by atoms with van der Waals surface area (Å²) in [5.41, 5.74) is 0.293. The molecule has 0 spiro atoms. The number of ketones is 1. The zero-order valence-electron chi connectivity index (χ0n) is 13.6. The monoisotopic (exact) mass is 346 g/mol. The van der Waals surface area contributed by atoms with Crippen LogP contribution in [-0.4, -0.2) is 23.1 Å². The summed E-state index contributed by atoms with van der Waals surface area (Å²) in [5.74, 6) is -2.74. The molecular formula is C19H16F2O4. The number of hydrogen-bond donors (Lipinski definition) is 2. The molecule has 6 heteroatoms. The Bertz CT molecular complexity index is 870. The van der Waals surface area contributed by atoms with Crippen molar-refractivity contribution in [2.24, 2.45) is 0 Å². The normalized spacial score (nSPS) is 11.4. The summed E-state index contributed by atoms with van der Waals surface area (Å²) < 4.78 is 32.7. The SMILES string of the molecule is COc1c(O)ccc(/C=C/C(=O)/C=C/c2ccc(O)c(C)c2F)c1F. The van der Waals surface area contributed by atoms with Crippen molar-refractivity contribution in [3.8, 4) is 17.2 Å². The van der Waals surface area contributed by atoms with Crippen LogP contribution in [0.2, 0.25) is 0 Å². The van der Waals surface area contributed by atoms with E-state index in [2.05, 4.69) is 0 Å². The van der Waals surface area contributed by atoms with E-state index >= 15 is 0 Å². The lowest BCUT2D eigenvalue weighted by Crippen LogP contribution is -1.93. The van der Waals surface area contributed by atoms with Crippen molar-refractivity contribution < 1.29 is 28.5 Å². The number of carbonyl (C=O) groups excluding carboxylic acids is 1. The highest BCUT2D eigenvalue weighted by Crippen LogP contribution is 2.31. The Hall–Kier alpha value is -3.15. The zero-order valence-corrected chi connectivity index (χ0v) is 13.6. The molecule has 0 aromatic heterocycles. The van der Waals surface area contributed by atoms with Gasteiger partial charge in [0, 0.05) is 16.7 Å². The summed E-state index contributed by atoms with van der Waals surface area (Å²) in [6.07, 6.45) is 4.72. The van der Waals surface area contributed by atoms with Crippen LogP contribution in [0.4, 0.5) is 8.78 Å². The molecule has 0 heterocycles. The summed E-state index contributed by atoms with van der Waals surface area (Å²) >= 11 is 0. The molecule has 0 bridgehead atoms. The molecule has 0 saturated carbocycles. The molecule has 0 saturated heterocycles. The number of phenols is 2. The second kappa shape index (κ2) is 7.61. The summed E-state index contributed by atoms with van der Waals surface area (Å²) in [6, 6.07) is 5.21. The van der Waals surface area contributed by atoms with E-state index in [4.69, 9.17) is 4.74 Å². The van der Waals surface area contributed by atoms with E-state index in [0.29, 0.717) is 0 Å². The van der Waals surface area contributed by atoms with Gasteiger partial charge in [-0.1, -0.05) is 0 Å². The predicted octanol–water partition coefficient (Wildman–Crippen LogP) is 3.99. The Kier molecular flexibility index (Phi) is 5.54. The van der Waals surface area contributed by atoms with E-state index < -0.39 is 17.4 Å². The van der Waals surface area contributed by atoms with Crippen LogP contribution in [0.5, 0.6) is 17.2 Å². The second-order valence-corrected chi connectivity index (χ2v) is 5.20. The van der Waals surface area contributed by atoms with Crippen molar-refractivity contribution in [2.45, 2.75) is 6.92 Å². The minimum Gasteiger partial charge on any atom is -0.508 e. The minimum absolute atomic E-state index is 0.0584. The number of phenolic OH excluding ortho intramolecular Hbond substituents is 2. The lowest BCUT2D eigenvalue weighted by Gasteiger charge is -2.06. The van der Waals surface area contributed by atoms with E-state index in [1.165, 1.54) is 50.5 Å². The molecule has 0 aliphatic rings. The van der Waals surface area contributed by atoms with Crippen LogP contribution < -0.4 is 4.74 Å². The highest BCUT2D eigenvalue weighted by atomic mass is 19.1. The molecular weight excluding hydrogens is 330 g/mol. The average molecular weight is 346 g/mol. The van der Waals surface area contributed by atoms with Crippen molar-refractivity contribution in [2.75, 3.05) is 7.11 Å². The number of hydrogen-bond acceptors (Lipinski definition) is 4. The third-order valence-corrected chi connectivity index (χ3v) is 3.55. The molecule has 2 rings (SSSR count). The van der Waals surface area contributed by atoms with Crippen molar-refractivity contribution in [1.29, 1.82) is 0 Å². The van der Waals surface area contributed by atoms with E-state index in [9.17, 15) is 23.8 Å². The fraction of sp³-hybridized carbons (Fsp3) is 0.105. The molecule has 0 unspecified atom stereocenters. The number of aromatic hydroxyl groups is 2. The van der Waals surface area contributed by atoms with Gasteiger partial charge < -0.3 is 14.9 Å². The number of ether oxygens (including phenoxy) is 1. The maximum Gasteiger partial charge on any atom is 0.197 e. The number of allylic oxidation sites excluding steroid dienone is 2. The molecule has 0 aliphatic carbocycles. The standard InChI is InChI=1S/C19H16F2O4/c1-11-15(23)9-5-12(17(11)20)3-7-14(22)8-4-13-6-10-16(24)19(25-2)18(13)21/h3-10,23-24H,1-2H3/b7-3+,8-4+. The Labute approximate surface area is 143 Å². The van der Waals surface area contributed by atoms with Crippen molar-refractivity contribution in [3.63, 3.8) is 0 Å². The number of rotatable bonds is 5. The topological polar surface area (TPSA) is 66.8 Å². The molecule has 4 nitrogen and oxygen atoms in total. The first-order valence-electron chi connectivity index (χ1n) is 7.28. The molecule has 130 valence electrons. The smallest absolute Gasteiger partial charge is 0.197 e. The maximum absolute atomic E-state index is 14.0. The predicted molar refractivity (Wildman–Crippen MR) is 90.5 cm³/mol. The van der Waals surface area contributed by atoms with Crippen LogP contribution in [-0.2, 0) is 4.79 Å². The summed E-state index contributed by atoms with van der Waals surface area (Å²) in [5, 5.41) is 18.8. The van der Waals surface area contributed by atoms with Crippen LogP contribution in [0, 0.1) is 18.6 Å². The molecule has 2 N–H and O–H groups in total. The van der Waals surface area contributed by atoms with Gasteiger partial charge in [0.25, 0.3) is 0 Å². The van der Waals surface area contributed by atoms with E-state index in [-0.39, 0.29) is 33.9 Å². The molecule has 0 amide bonds. The Morgan fingerprint density at radius 1 is 0.960 bits per heavy atom. The van der Waals surface area contributed by atoms with Gasteiger partial charge >= 0.3 is 0 Å². The lowest BCUT2D eigenvalue weighted by atomic mass is 10.1. The van der Waals surface area contributed by atoms with E-state index in [1.807, 2.05) is 0 Å². The number of carbonyl (C=O) groups is 1. The van der Waals surface area contributed by atoms with Gasteiger partial charge in [0.2, 0.25) is 0 Å². The van der Waals surface area contributed by atoms with Crippen molar-refractivity contribution >= 4 is 17.9 Å². The van der Waals surface area contributed by atoms with Crippen LogP contribution >= 0.6 is 0 Å². The molecule has 0 atom stereocenters. The Morgan fingerprint density at radius 3 is 2.04 bits per heavy atom. The molecule has 0 fully saturated rings. The molecule has 0 radical (unpaired) electrons. The third-order valence-electron chi connectivity index (χ3n) is 3.55. The van der Waals surface area contributed by atoms with Crippen LogP contribution in [0.3, 0.4) is 0 Å². The van der Waals surface area contributed by atoms with Crippen LogP contribution in [0.15, 0.2) is 36.4 Å². The van der Waals surface area contributed by atoms with Crippen LogP contribution in [0.1, 0.15) is 16.7 Å².